The van der Waals surface area contributed by atoms with Gasteiger partial charge in [0, 0.05) is 11.1 Å². The summed E-state index contributed by atoms with van der Waals surface area (Å²) in [5.41, 5.74) is 1.24. The Balaban J connectivity index is 1.79. The van der Waals surface area contributed by atoms with Crippen LogP contribution in [-0.4, -0.2) is 22.3 Å². The second-order valence-corrected chi connectivity index (χ2v) is 8.65. The monoisotopic (exact) mass is 431 g/mol. The van der Waals surface area contributed by atoms with Gasteiger partial charge in [0.25, 0.3) is 10.0 Å². The molecule has 0 saturated heterocycles. The molecule has 150 valence electrons. The minimum atomic E-state index is -3.87. The number of halogens is 1. The third-order valence-corrected chi connectivity index (χ3v) is 6.55. The first-order valence-corrected chi connectivity index (χ1v) is 10.6. The summed E-state index contributed by atoms with van der Waals surface area (Å²) in [6.07, 6.45) is 0. The normalized spacial score (nSPS) is 12.6. The highest BCUT2D eigenvalue weighted by Gasteiger charge is 2.27. The highest BCUT2D eigenvalue weighted by molar-refractivity contribution is 7.92. The first kappa shape index (κ1) is 19.4. The number of rotatable bonds is 6. The van der Waals surface area contributed by atoms with Crippen molar-refractivity contribution in [2.45, 2.75) is 11.4 Å². The number of nitrogens with zero attached hydrogens (tertiary/aromatic N) is 1. The minimum Gasteiger partial charge on any atom is -0.497 e. The number of sulfonamides is 1. The van der Waals surface area contributed by atoms with Crippen LogP contribution in [0, 0.1) is 0 Å². The molecular weight excluding hydrogens is 414 g/mol. The van der Waals surface area contributed by atoms with E-state index in [1.807, 2.05) is 18.2 Å². The first-order valence-electron chi connectivity index (χ1n) is 8.78. The van der Waals surface area contributed by atoms with Crippen LogP contribution in [0.1, 0.15) is 5.56 Å². The standard InChI is InChI=1S/C21H18ClNO5S/c1-26-18-4-2-3-15(11-18)13-23(17-7-10-20-21(12-17)28-14-27-20)29(24,25)19-8-5-16(22)6-9-19/h2-12H,13-14H2,1H3. The topological polar surface area (TPSA) is 65.1 Å². The van der Waals surface area contributed by atoms with Crippen LogP contribution in [0.3, 0.4) is 0 Å². The molecule has 3 aromatic carbocycles. The van der Waals surface area contributed by atoms with Crippen molar-refractivity contribution in [3.05, 3.63) is 77.3 Å². The quantitative estimate of drug-likeness (QED) is 0.576. The molecule has 1 heterocycles. The van der Waals surface area contributed by atoms with Crippen LogP contribution in [0.5, 0.6) is 17.2 Å². The van der Waals surface area contributed by atoms with E-state index in [1.165, 1.54) is 16.4 Å². The zero-order valence-corrected chi connectivity index (χ0v) is 17.1. The molecule has 1 aliphatic heterocycles. The van der Waals surface area contributed by atoms with E-state index in [2.05, 4.69) is 0 Å². The fourth-order valence-corrected chi connectivity index (χ4v) is 4.60. The number of anilines is 1. The number of hydrogen-bond acceptors (Lipinski definition) is 5. The summed E-state index contributed by atoms with van der Waals surface area (Å²) in [7, 11) is -2.30. The van der Waals surface area contributed by atoms with Gasteiger partial charge in [-0.1, -0.05) is 23.7 Å². The highest BCUT2D eigenvalue weighted by atomic mass is 35.5. The molecule has 0 spiro atoms. The zero-order chi connectivity index (χ0) is 20.4. The molecule has 0 atom stereocenters. The van der Waals surface area contributed by atoms with Gasteiger partial charge in [0.15, 0.2) is 11.5 Å². The molecule has 0 fully saturated rings. The Morgan fingerprint density at radius 3 is 2.52 bits per heavy atom. The van der Waals surface area contributed by atoms with E-state index >= 15 is 0 Å². The molecule has 0 bridgehead atoms. The van der Waals surface area contributed by atoms with Crippen molar-refractivity contribution in [1.29, 1.82) is 0 Å². The van der Waals surface area contributed by atoms with Crippen LogP contribution in [0.25, 0.3) is 0 Å². The second-order valence-electron chi connectivity index (χ2n) is 6.35. The van der Waals surface area contributed by atoms with Crippen molar-refractivity contribution in [3.8, 4) is 17.2 Å². The number of benzene rings is 3. The van der Waals surface area contributed by atoms with Crippen molar-refractivity contribution >= 4 is 27.3 Å². The lowest BCUT2D eigenvalue weighted by Crippen LogP contribution is -2.30. The summed E-state index contributed by atoms with van der Waals surface area (Å²) < 4.78 is 44.3. The number of hydrogen-bond donors (Lipinski definition) is 0. The molecule has 0 aliphatic carbocycles. The number of fused-ring (bicyclic) bond motifs is 1. The molecule has 8 heteroatoms. The Labute approximate surface area is 174 Å². The van der Waals surface area contributed by atoms with Gasteiger partial charge in [-0.25, -0.2) is 8.42 Å². The lowest BCUT2D eigenvalue weighted by molar-refractivity contribution is 0.174. The molecular formula is C21H18ClNO5S. The van der Waals surface area contributed by atoms with Gasteiger partial charge < -0.3 is 14.2 Å². The van der Waals surface area contributed by atoms with Gasteiger partial charge in [0.05, 0.1) is 24.2 Å². The van der Waals surface area contributed by atoms with Crippen molar-refractivity contribution < 1.29 is 22.6 Å². The largest absolute Gasteiger partial charge is 0.497 e. The number of methoxy groups -OCH3 is 1. The summed E-state index contributed by atoms with van der Waals surface area (Å²) in [5, 5.41) is 0.464. The van der Waals surface area contributed by atoms with Crippen LogP contribution in [-0.2, 0) is 16.6 Å². The van der Waals surface area contributed by atoms with E-state index in [9.17, 15) is 8.42 Å². The van der Waals surface area contributed by atoms with Gasteiger partial charge in [-0.15, -0.1) is 0 Å². The Kier molecular flexibility index (Phi) is 5.25. The van der Waals surface area contributed by atoms with Gasteiger partial charge in [-0.05, 0) is 54.1 Å². The average molecular weight is 432 g/mol. The molecule has 0 saturated carbocycles. The second kappa shape index (κ2) is 7.85. The van der Waals surface area contributed by atoms with Gasteiger partial charge in [0.2, 0.25) is 6.79 Å². The third kappa shape index (κ3) is 3.97. The molecule has 4 rings (SSSR count). The van der Waals surface area contributed by atoms with E-state index in [0.29, 0.717) is 28.0 Å². The molecule has 29 heavy (non-hydrogen) atoms. The summed E-state index contributed by atoms with van der Waals surface area (Å²) in [6, 6.07) is 18.4. The summed E-state index contributed by atoms with van der Waals surface area (Å²) in [6.45, 7) is 0.223. The maximum absolute atomic E-state index is 13.5. The van der Waals surface area contributed by atoms with Crippen molar-refractivity contribution in [2.75, 3.05) is 18.2 Å². The Hall–Kier alpha value is -2.90. The van der Waals surface area contributed by atoms with E-state index in [4.69, 9.17) is 25.8 Å². The fraction of sp³-hybridized carbons (Fsp3) is 0.143. The predicted molar refractivity (Wildman–Crippen MR) is 110 cm³/mol. The van der Waals surface area contributed by atoms with E-state index in [-0.39, 0.29) is 18.2 Å². The molecule has 0 aromatic heterocycles. The molecule has 0 amide bonds. The lowest BCUT2D eigenvalue weighted by atomic mass is 10.2. The smallest absolute Gasteiger partial charge is 0.264 e. The van der Waals surface area contributed by atoms with Gasteiger partial charge in [0.1, 0.15) is 5.75 Å². The van der Waals surface area contributed by atoms with Crippen molar-refractivity contribution in [1.82, 2.24) is 0 Å². The minimum absolute atomic E-state index is 0.110. The molecule has 0 radical (unpaired) electrons. The molecule has 1 aliphatic rings. The maximum atomic E-state index is 13.5. The molecule has 0 unspecified atom stereocenters. The Bertz CT molecular complexity index is 1130. The Morgan fingerprint density at radius 2 is 1.76 bits per heavy atom. The third-order valence-electron chi connectivity index (χ3n) is 4.51. The van der Waals surface area contributed by atoms with Crippen molar-refractivity contribution in [3.63, 3.8) is 0 Å². The van der Waals surface area contributed by atoms with Crippen molar-refractivity contribution in [2.24, 2.45) is 0 Å². The summed E-state index contributed by atoms with van der Waals surface area (Å²) >= 11 is 5.93. The average Bonchev–Trinajstić information content (AvgIpc) is 3.20. The van der Waals surface area contributed by atoms with Gasteiger partial charge in [-0.2, -0.15) is 0 Å². The SMILES string of the molecule is COc1cccc(CN(c2ccc3c(c2)OCO3)S(=O)(=O)c2ccc(Cl)cc2)c1. The summed E-state index contributed by atoms with van der Waals surface area (Å²) in [4.78, 5) is 0.141. The fourth-order valence-electron chi connectivity index (χ4n) is 3.03. The predicted octanol–water partition coefficient (Wildman–Crippen LogP) is 4.47. The first-order chi connectivity index (χ1) is 14.0. The lowest BCUT2D eigenvalue weighted by Gasteiger charge is -2.25. The van der Waals surface area contributed by atoms with E-state index in [1.54, 1.807) is 43.5 Å². The van der Waals surface area contributed by atoms with Crippen LogP contribution < -0.4 is 18.5 Å². The molecule has 3 aromatic rings. The highest BCUT2D eigenvalue weighted by Crippen LogP contribution is 2.37. The zero-order valence-electron chi connectivity index (χ0n) is 15.5. The molecule has 6 nitrogen and oxygen atoms in total. The van der Waals surface area contributed by atoms with Crippen LogP contribution in [0.2, 0.25) is 5.02 Å². The molecule has 0 N–H and O–H groups in total. The van der Waals surface area contributed by atoms with Gasteiger partial charge in [-0.3, -0.25) is 4.31 Å². The van der Waals surface area contributed by atoms with Crippen LogP contribution in [0.4, 0.5) is 5.69 Å². The number of ether oxygens (including phenoxy) is 3. The van der Waals surface area contributed by atoms with Crippen LogP contribution >= 0.6 is 11.6 Å². The van der Waals surface area contributed by atoms with E-state index in [0.717, 1.165) is 5.56 Å². The summed E-state index contributed by atoms with van der Waals surface area (Å²) in [5.74, 6) is 1.74. The van der Waals surface area contributed by atoms with E-state index < -0.39 is 10.0 Å². The maximum Gasteiger partial charge on any atom is 0.264 e. The van der Waals surface area contributed by atoms with Gasteiger partial charge >= 0.3 is 0 Å². The Morgan fingerprint density at radius 1 is 1.00 bits per heavy atom. The van der Waals surface area contributed by atoms with Crippen LogP contribution in [0.15, 0.2) is 71.6 Å².